The average molecular weight is 254 g/mol. The van der Waals surface area contributed by atoms with Gasteiger partial charge >= 0.3 is 0 Å². The highest BCUT2D eigenvalue weighted by molar-refractivity contribution is 5.60. The summed E-state index contributed by atoms with van der Waals surface area (Å²) >= 11 is 0. The van der Waals surface area contributed by atoms with E-state index in [0.717, 1.165) is 11.5 Å². The average Bonchev–Trinajstić information content (AvgIpc) is 2.48. The molecule has 0 aliphatic rings. The first-order valence-corrected chi connectivity index (χ1v) is 5.76. The quantitative estimate of drug-likeness (QED) is 0.772. The number of aromatic nitrogens is 3. The van der Waals surface area contributed by atoms with Crippen molar-refractivity contribution in [3.63, 3.8) is 0 Å². The van der Waals surface area contributed by atoms with Crippen molar-refractivity contribution in [2.45, 2.75) is 0 Å². The molecule has 2 aromatic heterocycles. The Morgan fingerprint density at radius 1 is 1.26 bits per heavy atom. The van der Waals surface area contributed by atoms with Gasteiger partial charge in [-0.1, -0.05) is 0 Å². The molecule has 0 bridgehead atoms. The molecule has 0 radical (unpaired) electrons. The Hall–Kier alpha value is -2.68. The zero-order valence-corrected chi connectivity index (χ0v) is 10.9. The van der Waals surface area contributed by atoms with E-state index in [-0.39, 0.29) is 6.54 Å². The number of pyridine rings is 1. The molecule has 0 spiro atoms. The highest BCUT2D eigenvalue weighted by Crippen LogP contribution is 2.22. The molecule has 19 heavy (non-hydrogen) atoms. The van der Waals surface area contributed by atoms with Crippen LogP contribution in [-0.4, -0.2) is 35.6 Å². The Bertz CT molecular complexity index is 577. The molecule has 6 heteroatoms. The van der Waals surface area contributed by atoms with Gasteiger partial charge in [-0.05, 0) is 12.1 Å². The second kappa shape index (κ2) is 5.78. The smallest absolute Gasteiger partial charge is 0.138 e. The summed E-state index contributed by atoms with van der Waals surface area (Å²) in [4.78, 5) is 16.2. The van der Waals surface area contributed by atoms with Crippen LogP contribution < -0.4 is 9.80 Å². The van der Waals surface area contributed by atoms with Crippen LogP contribution in [0.4, 0.5) is 17.3 Å². The molecule has 6 nitrogen and oxygen atoms in total. The van der Waals surface area contributed by atoms with E-state index in [0.29, 0.717) is 5.82 Å². The highest BCUT2D eigenvalue weighted by atomic mass is 15.2. The van der Waals surface area contributed by atoms with E-state index < -0.39 is 0 Å². The number of nitrogens with zero attached hydrogens (tertiary/aromatic N) is 6. The minimum Gasteiger partial charge on any atom is -0.346 e. The van der Waals surface area contributed by atoms with Crippen molar-refractivity contribution >= 4 is 17.3 Å². The first kappa shape index (κ1) is 12.8. The van der Waals surface area contributed by atoms with Gasteiger partial charge in [0.15, 0.2) is 0 Å². The normalized spacial score (nSPS) is 9.74. The van der Waals surface area contributed by atoms with Gasteiger partial charge in [-0.2, -0.15) is 5.26 Å². The summed E-state index contributed by atoms with van der Waals surface area (Å²) in [5.74, 6) is 1.46. The van der Waals surface area contributed by atoms with Crippen LogP contribution in [0, 0.1) is 11.3 Å². The summed E-state index contributed by atoms with van der Waals surface area (Å²) in [5.41, 5.74) is 0.940. The Morgan fingerprint density at radius 3 is 2.74 bits per heavy atom. The molecule has 0 amide bonds. The van der Waals surface area contributed by atoms with Crippen molar-refractivity contribution in [2.75, 3.05) is 30.4 Å². The first-order valence-electron chi connectivity index (χ1n) is 5.76. The SMILES string of the molecule is CN(CC#N)c1cc(N(C)c2cccnc2)ncn1. The van der Waals surface area contributed by atoms with Crippen LogP contribution in [0.2, 0.25) is 0 Å². The van der Waals surface area contributed by atoms with Gasteiger partial charge in [0.25, 0.3) is 0 Å². The van der Waals surface area contributed by atoms with Crippen LogP contribution in [0.3, 0.4) is 0 Å². The number of rotatable bonds is 4. The number of nitriles is 1. The summed E-state index contributed by atoms with van der Waals surface area (Å²) in [7, 11) is 3.73. The number of hydrogen-bond donors (Lipinski definition) is 0. The molecule has 2 aromatic rings. The molecular formula is C13H14N6. The van der Waals surface area contributed by atoms with E-state index in [1.165, 1.54) is 6.33 Å². The van der Waals surface area contributed by atoms with Crippen molar-refractivity contribution in [3.05, 3.63) is 36.9 Å². The zero-order chi connectivity index (χ0) is 13.7. The third-order valence-corrected chi connectivity index (χ3v) is 2.71. The molecule has 0 fully saturated rings. The third kappa shape index (κ3) is 2.96. The molecule has 0 aliphatic carbocycles. The van der Waals surface area contributed by atoms with Gasteiger partial charge < -0.3 is 9.80 Å². The minimum absolute atomic E-state index is 0.285. The van der Waals surface area contributed by atoms with E-state index in [9.17, 15) is 0 Å². The predicted molar refractivity (Wildman–Crippen MR) is 73.2 cm³/mol. The van der Waals surface area contributed by atoms with E-state index in [1.54, 1.807) is 17.3 Å². The van der Waals surface area contributed by atoms with Crippen LogP contribution in [-0.2, 0) is 0 Å². The van der Waals surface area contributed by atoms with Crippen molar-refractivity contribution in [1.29, 1.82) is 5.26 Å². The van der Waals surface area contributed by atoms with Crippen molar-refractivity contribution in [3.8, 4) is 6.07 Å². The maximum Gasteiger partial charge on any atom is 0.138 e. The van der Waals surface area contributed by atoms with Crippen molar-refractivity contribution in [1.82, 2.24) is 15.0 Å². The Kier molecular flexibility index (Phi) is 3.88. The maximum absolute atomic E-state index is 8.70. The molecular weight excluding hydrogens is 240 g/mol. The van der Waals surface area contributed by atoms with Crippen LogP contribution in [0.15, 0.2) is 36.9 Å². The van der Waals surface area contributed by atoms with Crippen LogP contribution in [0.1, 0.15) is 0 Å². The fraction of sp³-hybridized carbons (Fsp3) is 0.231. The van der Waals surface area contributed by atoms with E-state index in [2.05, 4.69) is 21.0 Å². The largest absolute Gasteiger partial charge is 0.346 e. The van der Waals surface area contributed by atoms with Gasteiger partial charge in [-0.15, -0.1) is 0 Å². The van der Waals surface area contributed by atoms with E-state index >= 15 is 0 Å². The second-order valence-electron chi connectivity index (χ2n) is 4.02. The molecule has 0 aliphatic heterocycles. The van der Waals surface area contributed by atoms with Crippen LogP contribution in [0.25, 0.3) is 0 Å². The molecule has 96 valence electrons. The van der Waals surface area contributed by atoms with Crippen LogP contribution >= 0.6 is 0 Å². The molecule has 0 aromatic carbocycles. The van der Waals surface area contributed by atoms with E-state index in [4.69, 9.17) is 5.26 Å². The predicted octanol–water partition coefficient (Wildman–Crippen LogP) is 1.60. The Labute approximate surface area is 112 Å². The van der Waals surface area contributed by atoms with Gasteiger partial charge in [0.1, 0.15) is 24.5 Å². The standard InChI is InChI=1S/C13H14N6/c1-18(7-5-14)12-8-13(17-10-16-12)19(2)11-4-3-6-15-9-11/h3-4,6,8-10H,7H2,1-2H3. The maximum atomic E-state index is 8.70. The monoisotopic (exact) mass is 254 g/mol. The number of anilines is 3. The molecule has 0 atom stereocenters. The van der Waals surface area contributed by atoms with Crippen LogP contribution in [0.5, 0.6) is 0 Å². The zero-order valence-electron chi connectivity index (χ0n) is 10.9. The molecule has 2 heterocycles. The van der Waals surface area contributed by atoms with E-state index in [1.807, 2.05) is 37.2 Å². The van der Waals surface area contributed by atoms with Gasteiger partial charge in [0, 0.05) is 26.4 Å². The summed E-state index contributed by atoms with van der Waals surface area (Å²) in [6.45, 7) is 0.285. The van der Waals surface area contributed by atoms with Crippen molar-refractivity contribution < 1.29 is 0 Å². The lowest BCUT2D eigenvalue weighted by molar-refractivity contribution is 0.970. The van der Waals surface area contributed by atoms with Gasteiger partial charge in [-0.3, -0.25) is 4.98 Å². The van der Waals surface area contributed by atoms with Crippen molar-refractivity contribution in [2.24, 2.45) is 0 Å². The summed E-state index contributed by atoms with van der Waals surface area (Å²) in [6, 6.07) is 7.75. The molecule has 0 saturated heterocycles. The lowest BCUT2D eigenvalue weighted by atomic mass is 10.3. The van der Waals surface area contributed by atoms with Gasteiger partial charge in [0.2, 0.25) is 0 Å². The summed E-state index contributed by atoms with van der Waals surface area (Å²) in [6.07, 6.45) is 4.98. The fourth-order valence-electron chi connectivity index (χ4n) is 1.60. The lowest BCUT2D eigenvalue weighted by Crippen LogP contribution is -2.19. The summed E-state index contributed by atoms with van der Waals surface area (Å²) < 4.78 is 0. The lowest BCUT2D eigenvalue weighted by Gasteiger charge is -2.20. The number of hydrogen-bond acceptors (Lipinski definition) is 6. The Balaban J connectivity index is 2.26. The second-order valence-corrected chi connectivity index (χ2v) is 4.02. The minimum atomic E-state index is 0.285. The molecule has 0 saturated carbocycles. The summed E-state index contributed by atoms with van der Waals surface area (Å²) in [5, 5.41) is 8.70. The third-order valence-electron chi connectivity index (χ3n) is 2.71. The highest BCUT2D eigenvalue weighted by Gasteiger charge is 2.08. The fourth-order valence-corrected chi connectivity index (χ4v) is 1.60. The van der Waals surface area contributed by atoms with Gasteiger partial charge in [-0.25, -0.2) is 9.97 Å². The van der Waals surface area contributed by atoms with Gasteiger partial charge in [0.05, 0.1) is 18.0 Å². The Morgan fingerprint density at radius 2 is 2.05 bits per heavy atom. The topological polar surface area (TPSA) is 68.9 Å². The molecule has 2 rings (SSSR count). The molecule has 0 N–H and O–H groups in total. The first-order chi connectivity index (χ1) is 9.22. The molecule has 0 unspecified atom stereocenters.